The monoisotopic (exact) mass is 279 g/mol. The predicted octanol–water partition coefficient (Wildman–Crippen LogP) is 3.29. The number of nitrogens with zero attached hydrogens (tertiary/aromatic N) is 2. The molecule has 2 aromatic carbocycles. The van der Waals surface area contributed by atoms with Crippen molar-refractivity contribution in [2.24, 2.45) is 0 Å². The molecule has 0 fully saturated rings. The number of rotatable bonds is 3. The molecule has 4 nitrogen and oxygen atoms in total. The van der Waals surface area contributed by atoms with Crippen LogP contribution in [0, 0.1) is 13.8 Å². The van der Waals surface area contributed by atoms with Crippen LogP contribution < -0.4 is 5.32 Å². The van der Waals surface area contributed by atoms with Crippen molar-refractivity contribution in [2.45, 2.75) is 20.4 Å². The highest BCUT2D eigenvalue weighted by atomic mass is 16.2. The predicted molar refractivity (Wildman–Crippen MR) is 84.3 cm³/mol. The Balaban J connectivity index is 1.79. The zero-order valence-corrected chi connectivity index (χ0v) is 12.1. The minimum absolute atomic E-state index is 0.0717. The molecule has 0 aliphatic carbocycles. The molecule has 3 aromatic rings. The van der Waals surface area contributed by atoms with E-state index in [0.29, 0.717) is 0 Å². The Morgan fingerprint density at radius 3 is 2.86 bits per heavy atom. The second-order valence-electron chi connectivity index (χ2n) is 5.23. The lowest BCUT2D eigenvalue weighted by Crippen LogP contribution is -2.20. The van der Waals surface area contributed by atoms with Crippen LogP contribution in [0.3, 0.4) is 0 Å². The minimum atomic E-state index is -0.0717. The van der Waals surface area contributed by atoms with Crippen LogP contribution in [-0.4, -0.2) is 15.7 Å². The molecule has 1 aromatic heterocycles. The zero-order chi connectivity index (χ0) is 14.8. The van der Waals surface area contributed by atoms with Gasteiger partial charge in [0.1, 0.15) is 6.54 Å². The second kappa shape index (κ2) is 5.40. The number of anilines is 1. The number of carbonyl (C=O) groups excluding carboxylic acids is 1. The van der Waals surface area contributed by atoms with Gasteiger partial charge in [0.05, 0.1) is 11.7 Å². The summed E-state index contributed by atoms with van der Waals surface area (Å²) in [4.78, 5) is 12.2. The summed E-state index contributed by atoms with van der Waals surface area (Å²) in [7, 11) is 0. The molecule has 0 spiro atoms. The molecule has 0 saturated carbocycles. The summed E-state index contributed by atoms with van der Waals surface area (Å²) in [5, 5.41) is 8.27. The Kier molecular flexibility index (Phi) is 3.44. The minimum Gasteiger partial charge on any atom is -0.324 e. The van der Waals surface area contributed by atoms with Crippen LogP contribution in [0.2, 0.25) is 0 Å². The van der Waals surface area contributed by atoms with E-state index in [1.165, 1.54) is 0 Å². The topological polar surface area (TPSA) is 46.9 Å². The van der Waals surface area contributed by atoms with Gasteiger partial charge in [-0.25, -0.2) is 0 Å². The molecular formula is C17H17N3O. The lowest BCUT2D eigenvalue weighted by molar-refractivity contribution is -0.116. The molecule has 0 bridgehead atoms. The number of amides is 1. The van der Waals surface area contributed by atoms with Crippen molar-refractivity contribution in [2.75, 3.05) is 5.32 Å². The summed E-state index contributed by atoms with van der Waals surface area (Å²) in [5.74, 6) is -0.0717. The van der Waals surface area contributed by atoms with Crippen LogP contribution in [0.4, 0.5) is 5.69 Å². The Hall–Kier alpha value is -2.62. The van der Waals surface area contributed by atoms with Gasteiger partial charge in [0.25, 0.3) is 0 Å². The molecule has 1 N–H and O–H groups in total. The molecule has 0 aliphatic heterocycles. The molecule has 21 heavy (non-hydrogen) atoms. The molecule has 0 radical (unpaired) electrons. The van der Waals surface area contributed by atoms with Crippen molar-refractivity contribution < 1.29 is 4.79 Å². The summed E-state index contributed by atoms with van der Waals surface area (Å²) in [6.45, 7) is 4.20. The number of carbonyl (C=O) groups is 1. The zero-order valence-electron chi connectivity index (χ0n) is 12.1. The molecule has 0 unspecified atom stereocenters. The van der Waals surface area contributed by atoms with Gasteiger partial charge in [0, 0.05) is 11.1 Å². The lowest BCUT2D eigenvalue weighted by atomic mass is 10.1. The molecule has 4 heteroatoms. The van der Waals surface area contributed by atoms with Gasteiger partial charge in [-0.3, -0.25) is 9.48 Å². The molecule has 1 heterocycles. The molecule has 0 aliphatic rings. The Bertz CT molecular complexity index is 805. The van der Waals surface area contributed by atoms with Crippen molar-refractivity contribution in [1.82, 2.24) is 9.78 Å². The van der Waals surface area contributed by atoms with Crippen molar-refractivity contribution >= 4 is 22.5 Å². The van der Waals surface area contributed by atoms with E-state index in [9.17, 15) is 4.79 Å². The average Bonchev–Trinajstić information content (AvgIpc) is 2.86. The number of para-hydroxylation sites is 1. The maximum Gasteiger partial charge on any atom is 0.246 e. The van der Waals surface area contributed by atoms with Gasteiger partial charge < -0.3 is 5.32 Å². The summed E-state index contributed by atoms with van der Waals surface area (Å²) in [6.07, 6.45) is 1.78. The normalized spacial score (nSPS) is 10.8. The van der Waals surface area contributed by atoms with E-state index in [-0.39, 0.29) is 12.5 Å². The highest BCUT2D eigenvalue weighted by Gasteiger charge is 2.09. The fraction of sp³-hybridized carbons (Fsp3) is 0.176. The fourth-order valence-electron chi connectivity index (χ4n) is 2.35. The lowest BCUT2D eigenvalue weighted by Gasteiger charge is -2.10. The van der Waals surface area contributed by atoms with E-state index < -0.39 is 0 Å². The number of hydrogen-bond acceptors (Lipinski definition) is 2. The van der Waals surface area contributed by atoms with E-state index in [1.54, 1.807) is 10.9 Å². The SMILES string of the molecule is Cc1ccc(C)c(NC(=O)Cn2ncc3ccccc32)c1. The van der Waals surface area contributed by atoms with Gasteiger partial charge in [-0.1, -0.05) is 30.3 Å². The Labute approximate surface area is 123 Å². The van der Waals surface area contributed by atoms with Gasteiger partial charge in [0.2, 0.25) is 5.91 Å². The number of hydrogen-bond donors (Lipinski definition) is 1. The van der Waals surface area contributed by atoms with Crippen LogP contribution in [-0.2, 0) is 11.3 Å². The third-order valence-electron chi connectivity index (χ3n) is 3.51. The van der Waals surface area contributed by atoms with Crippen LogP contribution >= 0.6 is 0 Å². The number of aromatic nitrogens is 2. The molecule has 3 rings (SSSR count). The van der Waals surface area contributed by atoms with Crippen molar-refractivity contribution in [3.05, 3.63) is 59.8 Å². The van der Waals surface area contributed by atoms with Gasteiger partial charge >= 0.3 is 0 Å². The second-order valence-corrected chi connectivity index (χ2v) is 5.23. The molecular weight excluding hydrogens is 262 g/mol. The summed E-state index contributed by atoms with van der Waals surface area (Å²) >= 11 is 0. The maximum atomic E-state index is 12.2. The summed E-state index contributed by atoms with van der Waals surface area (Å²) in [6, 6.07) is 13.9. The highest BCUT2D eigenvalue weighted by molar-refractivity contribution is 5.92. The summed E-state index contributed by atoms with van der Waals surface area (Å²) in [5.41, 5.74) is 4.00. The standard InChI is InChI=1S/C17H17N3O/c1-12-7-8-13(2)15(9-12)19-17(21)11-20-16-6-4-3-5-14(16)10-18-20/h3-10H,11H2,1-2H3,(H,19,21). The van der Waals surface area contributed by atoms with Gasteiger partial charge in [-0.05, 0) is 37.1 Å². The smallest absolute Gasteiger partial charge is 0.246 e. The number of nitrogens with one attached hydrogen (secondary N) is 1. The van der Waals surface area contributed by atoms with Crippen LogP contribution in [0.25, 0.3) is 10.9 Å². The van der Waals surface area contributed by atoms with Gasteiger partial charge in [-0.15, -0.1) is 0 Å². The molecule has 1 amide bonds. The van der Waals surface area contributed by atoms with Crippen LogP contribution in [0.15, 0.2) is 48.7 Å². The molecule has 0 atom stereocenters. The van der Waals surface area contributed by atoms with Gasteiger partial charge in [-0.2, -0.15) is 5.10 Å². The third-order valence-corrected chi connectivity index (χ3v) is 3.51. The maximum absolute atomic E-state index is 12.2. The van der Waals surface area contributed by atoms with Crippen molar-refractivity contribution in [1.29, 1.82) is 0 Å². The van der Waals surface area contributed by atoms with E-state index in [2.05, 4.69) is 10.4 Å². The first-order valence-corrected chi connectivity index (χ1v) is 6.91. The fourth-order valence-corrected chi connectivity index (χ4v) is 2.35. The first kappa shape index (κ1) is 13.4. The van der Waals surface area contributed by atoms with Crippen molar-refractivity contribution in [3.63, 3.8) is 0 Å². The van der Waals surface area contributed by atoms with Crippen molar-refractivity contribution in [3.8, 4) is 0 Å². The quantitative estimate of drug-likeness (QED) is 0.799. The first-order valence-electron chi connectivity index (χ1n) is 6.91. The number of aryl methyl sites for hydroxylation is 2. The van der Waals surface area contributed by atoms with E-state index in [0.717, 1.165) is 27.7 Å². The third kappa shape index (κ3) is 2.79. The van der Waals surface area contributed by atoms with E-state index in [1.807, 2.05) is 56.3 Å². The van der Waals surface area contributed by atoms with Gasteiger partial charge in [0.15, 0.2) is 0 Å². The van der Waals surface area contributed by atoms with Crippen LogP contribution in [0.5, 0.6) is 0 Å². The average molecular weight is 279 g/mol. The highest BCUT2D eigenvalue weighted by Crippen LogP contribution is 2.17. The van der Waals surface area contributed by atoms with Crippen LogP contribution in [0.1, 0.15) is 11.1 Å². The Morgan fingerprint density at radius 1 is 1.19 bits per heavy atom. The van der Waals surface area contributed by atoms with E-state index >= 15 is 0 Å². The molecule has 106 valence electrons. The first-order chi connectivity index (χ1) is 10.1. The number of fused-ring (bicyclic) bond motifs is 1. The number of benzene rings is 2. The Morgan fingerprint density at radius 2 is 2.00 bits per heavy atom. The molecule has 0 saturated heterocycles. The largest absolute Gasteiger partial charge is 0.324 e. The summed E-state index contributed by atoms with van der Waals surface area (Å²) < 4.78 is 1.72. The van der Waals surface area contributed by atoms with E-state index in [4.69, 9.17) is 0 Å².